The first-order valence-electron chi connectivity index (χ1n) is 7.11. The van der Waals surface area contributed by atoms with Crippen LogP contribution >= 0.6 is 0 Å². The molecule has 0 aliphatic carbocycles. The van der Waals surface area contributed by atoms with Gasteiger partial charge in [-0.1, -0.05) is 32.9 Å². The van der Waals surface area contributed by atoms with Crippen molar-refractivity contribution in [2.75, 3.05) is 13.2 Å². The average Bonchev–Trinajstić information content (AvgIpc) is 2.45. The van der Waals surface area contributed by atoms with Crippen molar-refractivity contribution in [3.63, 3.8) is 0 Å². The van der Waals surface area contributed by atoms with Crippen molar-refractivity contribution in [1.29, 1.82) is 0 Å². The predicted molar refractivity (Wildman–Crippen MR) is 80.3 cm³/mol. The summed E-state index contributed by atoms with van der Waals surface area (Å²) in [7, 11) is 0. The average molecular weight is 293 g/mol. The molecule has 0 aliphatic rings. The van der Waals surface area contributed by atoms with Crippen molar-refractivity contribution < 1.29 is 19.4 Å². The summed E-state index contributed by atoms with van der Waals surface area (Å²) in [5.41, 5.74) is 1.06. The first kappa shape index (κ1) is 17.0. The van der Waals surface area contributed by atoms with Gasteiger partial charge in [0.2, 0.25) is 5.91 Å². The number of hydrogen-bond donors (Lipinski definition) is 2. The summed E-state index contributed by atoms with van der Waals surface area (Å²) >= 11 is 0. The van der Waals surface area contributed by atoms with Crippen LogP contribution in [-0.4, -0.2) is 30.1 Å². The maximum absolute atomic E-state index is 11.8. The van der Waals surface area contributed by atoms with Crippen LogP contribution in [-0.2, 0) is 16.0 Å². The summed E-state index contributed by atoms with van der Waals surface area (Å²) in [6.07, 6.45) is 0.732. The Hall–Kier alpha value is -2.04. The van der Waals surface area contributed by atoms with Crippen molar-refractivity contribution in [1.82, 2.24) is 5.32 Å². The second-order valence-corrected chi connectivity index (χ2v) is 5.40. The molecule has 21 heavy (non-hydrogen) atoms. The molecular formula is C16H23NO4. The van der Waals surface area contributed by atoms with E-state index in [0.717, 1.165) is 12.0 Å². The van der Waals surface area contributed by atoms with E-state index in [1.165, 1.54) is 0 Å². The number of carboxylic acids is 1. The van der Waals surface area contributed by atoms with Crippen LogP contribution in [0.4, 0.5) is 0 Å². The molecule has 0 saturated heterocycles. The van der Waals surface area contributed by atoms with E-state index in [1.807, 2.05) is 32.9 Å². The highest BCUT2D eigenvalue weighted by molar-refractivity contribution is 5.78. The summed E-state index contributed by atoms with van der Waals surface area (Å²) in [5.74, 6) is -0.0569. The number of carboxylic acid groups (broad SMARTS) is 1. The van der Waals surface area contributed by atoms with Crippen molar-refractivity contribution in [3.05, 3.63) is 29.8 Å². The minimum Gasteiger partial charge on any atom is -0.482 e. The van der Waals surface area contributed by atoms with Crippen molar-refractivity contribution in [2.45, 2.75) is 27.2 Å². The summed E-state index contributed by atoms with van der Waals surface area (Å²) in [5, 5.41) is 11.4. The monoisotopic (exact) mass is 293 g/mol. The van der Waals surface area contributed by atoms with Crippen LogP contribution in [0.1, 0.15) is 26.3 Å². The Bertz CT molecular complexity index is 468. The molecule has 0 bridgehead atoms. The van der Waals surface area contributed by atoms with Gasteiger partial charge < -0.3 is 15.2 Å². The molecule has 1 amide bonds. The van der Waals surface area contributed by atoms with E-state index < -0.39 is 5.97 Å². The molecular weight excluding hydrogens is 270 g/mol. The van der Waals surface area contributed by atoms with E-state index in [9.17, 15) is 9.59 Å². The summed E-state index contributed by atoms with van der Waals surface area (Å²) in [4.78, 5) is 22.2. The largest absolute Gasteiger partial charge is 0.482 e. The van der Waals surface area contributed by atoms with Gasteiger partial charge in [0.15, 0.2) is 6.61 Å². The SMILES string of the molecule is CC(C)C(C)C(=O)NCCc1ccc(OCC(=O)O)cc1. The number of carbonyl (C=O) groups is 2. The van der Waals surface area contributed by atoms with Gasteiger partial charge in [0.05, 0.1) is 0 Å². The first-order chi connectivity index (χ1) is 9.90. The van der Waals surface area contributed by atoms with Crippen molar-refractivity contribution >= 4 is 11.9 Å². The third-order valence-electron chi connectivity index (χ3n) is 3.41. The van der Waals surface area contributed by atoms with Gasteiger partial charge in [-0.05, 0) is 30.0 Å². The van der Waals surface area contributed by atoms with Crippen LogP contribution in [0.15, 0.2) is 24.3 Å². The normalized spacial score (nSPS) is 12.0. The van der Waals surface area contributed by atoms with Gasteiger partial charge >= 0.3 is 5.97 Å². The highest BCUT2D eigenvalue weighted by Gasteiger charge is 2.15. The van der Waals surface area contributed by atoms with Crippen LogP contribution < -0.4 is 10.1 Å². The fourth-order valence-electron chi connectivity index (χ4n) is 1.69. The Morgan fingerprint density at radius 3 is 2.33 bits per heavy atom. The Balaban J connectivity index is 2.36. The van der Waals surface area contributed by atoms with E-state index in [4.69, 9.17) is 9.84 Å². The zero-order valence-corrected chi connectivity index (χ0v) is 12.8. The molecule has 0 heterocycles. The summed E-state index contributed by atoms with van der Waals surface area (Å²) < 4.78 is 5.05. The minimum absolute atomic E-state index is 0.0109. The lowest BCUT2D eigenvalue weighted by Gasteiger charge is -2.15. The molecule has 5 heteroatoms. The second kappa shape index (κ2) is 8.29. The maximum Gasteiger partial charge on any atom is 0.341 e. The van der Waals surface area contributed by atoms with Gasteiger partial charge in [-0.15, -0.1) is 0 Å². The van der Waals surface area contributed by atoms with Crippen LogP contribution in [0.2, 0.25) is 0 Å². The van der Waals surface area contributed by atoms with E-state index in [2.05, 4.69) is 5.32 Å². The van der Waals surface area contributed by atoms with E-state index in [-0.39, 0.29) is 18.4 Å². The number of nitrogens with one attached hydrogen (secondary N) is 1. The van der Waals surface area contributed by atoms with Crippen LogP contribution in [0.3, 0.4) is 0 Å². The Morgan fingerprint density at radius 1 is 1.19 bits per heavy atom. The summed E-state index contributed by atoms with van der Waals surface area (Å²) in [6.45, 7) is 6.22. The number of ether oxygens (including phenoxy) is 1. The Morgan fingerprint density at radius 2 is 1.81 bits per heavy atom. The molecule has 5 nitrogen and oxygen atoms in total. The van der Waals surface area contributed by atoms with Gasteiger partial charge in [0, 0.05) is 12.5 Å². The Labute approximate surface area is 125 Å². The molecule has 0 radical (unpaired) electrons. The quantitative estimate of drug-likeness (QED) is 0.769. The number of carbonyl (C=O) groups excluding carboxylic acids is 1. The molecule has 0 saturated carbocycles. The van der Waals surface area contributed by atoms with E-state index in [0.29, 0.717) is 18.2 Å². The highest BCUT2D eigenvalue weighted by atomic mass is 16.5. The molecule has 1 rings (SSSR count). The smallest absolute Gasteiger partial charge is 0.341 e. The van der Waals surface area contributed by atoms with Gasteiger partial charge in [0.25, 0.3) is 0 Å². The zero-order chi connectivity index (χ0) is 15.8. The zero-order valence-electron chi connectivity index (χ0n) is 12.8. The standard InChI is InChI=1S/C16H23NO4/c1-11(2)12(3)16(20)17-9-8-13-4-6-14(7-5-13)21-10-15(18)19/h4-7,11-12H,8-10H2,1-3H3,(H,17,20)(H,18,19). The van der Waals surface area contributed by atoms with Crippen LogP contribution in [0.5, 0.6) is 5.75 Å². The fraction of sp³-hybridized carbons (Fsp3) is 0.500. The second-order valence-electron chi connectivity index (χ2n) is 5.40. The molecule has 0 aliphatic heterocycles. The topological polar surface area (TPSA) is 75.6 Å². The lowest BCUT2D eigenvalue weighted by atomic mass is 9.97. The van der Waals surface area contributed by atoms with Crippen LogP contribution in [0, 0.1) is 11.8 Å². The molecule has 1 atom stereocenters. The lowest BCUT2D eigenvalue weighted by Crippen LogP contribution is -2.33. The number of amides is 1. The molecule has 116 valence electrons. The number of rotatable bonds is 8. The van der Waals surface area contributed by atoms with Gasteiger partial charge in [0.1, 0.15) is 5.75 Å². The van der Waals surface area contributed by atoms with Gasteiger partial charge in [-0.3, -0.25) is 4.79 Å². The lowest BCUT2D eigenvalue weighted by molar-refractivity contribution is -0.139. The van der Waals surface area contributed by atoms with Gasteiger partial charge in [-0.25, -0.2) is 4.79 Å². The molecule has 0 fully saturated rings. The predicted octanol–water partition coefficient (Wildman–Crippen LogP) is 2.10. The summed E-state index contributed by atoms with van der Waals surface area (Å²) in [6, 6.07) is 7.21. The highest BCUT2D eigenvalue weighted by Crippen LogP contribution is 2.13. The number of benzene rings is 1. The van der Waals surface area contributed by atoms with E-state index >= 15 is 0 Å². The number of aliphatic carboxylic acids is 1. The van der Waals surface area contributed by atoms with Crippen molar-refractivity contribution in [2.24, 2.45) is 11.8 Å². The number of hydrogen-bond acceptors (Lipinski definition) is 3. The molecule has 1 aromatic carbocycles. The molecule has 0 spiro atoms. The molecule has 1 unspecified atom stereocenters. The molecule has 0 aromatic heterocycles. The third kappa shape index (κ3) is 6.29. The minimum atomic E-state index is -0.999. The maximum atomic E-state index is 11.8. The third-order valence-corrected chi connectivity index (χ3v) is 3.41. The fourth-order valence-corrected chi connectivity index (χ4v) is 1.69. The first-order valence-corrected chi connectivity index (χ1v) is 7.11. The van der Waals surface area contributed by atoms with Crippen molar-refractivity contribution in [3.8, 4) is 5.75 Å². The Kier molecular flexibility index (Phi) is 6.72. The van der Waals surface area contributed by atoms with Gasteiger partial charge in [-0.2, -0.15) is 0 Å². The molecule has 2 N–H and O–H groups in total. The van der Waals surface area contributed by atoms with E-state index in [1.54, 1.807) is 12.1 Å². The van der Waals surface area contributed by atoms with Crippen LogP contribution in [0.25, 0.3) is 0 Å². The molecule has 1 aromatic rings.